The number of hydrogen-bond donors (Lipinski definition) is 0. The van der Waals surface area contributed by atoms with Gasteiger partial charge in [-0.1, -0.05) is 12.1 Å². The van der Waals surface area contributed by atoms with Crippen molar-refractivity contribution in [3.05, 3.63) is 28.6 Å². The zero-order chi connectivity index (χ0) is 12.1. The fourth-order valence-electron chi connectivity index (χ4n) is 1.17. The van der Waals surface area contributed by atoms with Gasteiger partial charge in [0, 0.05) is 5.22 Å². The lowest BCUT2D eigenvalue weighted by molar-refractivity contribution is -0.328. The smallest absolute Gasteiger partial charge is 0.453 e. The largest absolute Gasteiger partial charge is 0.460 e. The van der Waals surface area contributed by atoms with Crippen molar-refractivity contribution in [2.24, 2.45) is 0 Å². The molecule has 0 radical (unpaired) electrons. The van der Waals surface area contributed by atoms with Gasteiger partial charge in [-0.15, -0.1) is 0 Å². The molecule has 88 valence electrons. The van der Waals surface area contributed by atoms with Gasteiger partial charge in [-0.05, 0) is 11.3 Å². The zero-order valence-electron chi connectivity index (χ0n) is 7.49. The molecular formula is C9H4F6O. The van der Waals surface area contributed by atoms with Crippen molar-refractivity contribution in [3.63, 3.8) is 0 Å². The summed E-state index contributed by atoms with van der Waals surface area (Å²) in [6.45, 7) is 0. The van der Waals surface area contributed by atoms with E-state index in [1.807, 2.05) is 0 Å². The highest BCUT2D eigenvalue weighted by molar-refractivity contribution is 5.38. The van der Waals surface area contributed by atoms with Gasteiger partial charge >= 0.3 is 18.5 Å². The van der Waals surface area contributed by atoms with Crippen LogP contribution in [0.2, 0.25) is 0 Å². The van der Waals surface area contributed by atoms with Crippen molar-refractivity contribution in [2.75, 3.05) is 0 Å². The molecule has 0 bridgehead atoms. The maximum Gasteiger partial charge on any atom is 0.460 e. The van der Waals surface area contributed by atoms with Crippen LogP contribution in [0.15, 0.2) is 18.2 Å². The second-order valence-corrected chi connectivity index (χ2v) is 3.27. The van der Waals surface area contributed by atoms with Crippen molar-refractivity contribution >= 4 is 0 Å². The average molecular weight is 242 g/mol. The van der Waals surface area contributed by atoms with E-state index in [0.717, 1.165) is 0 Å². The minimum atomic E-state index is -5.97. The molecule has 2 aliphatic carbocycles. The summed E-state index contributed by atoms with van der Waals surface area (Å²) in [4.78, 5) is 0. The lowest BCUT2D eigenvalue weighted by Gasteiger charge is -2.24. The molecule has 0 saturated carbocycles. The quantitative estimate of drug-likeness (QED) is 0.751. The molecule has 1 unspecified atom stereocenters. The van der Waals surface area contributed by atoms with Crippen molar-refractivity contribution in [3.8, 4) is 5.75 Å². The molecule has 0 N–H and O–H groups in total. The Morgan fingerprint density at radius 3 is 2.00 bits per heavy atom. The third kappa shape index (κ3) is 1.42. The molecule has 0 aromatic rings. The van der Waals surface area contributed by atoms with Crippen molar-refractivity contribution < 1.29 is 31.1 Å². The van der Waals surface area contributed by atoms with Crippen LogP contribution >= 0.6 is 0 Å². The summed E-state index contributed by atoms with van der Waals surface area (Å²) in [5, 5.41) is 1.01. The van der Waals surface area contributed by atoms with Gasteiger partial charge in [0.15, 0.2) is 0 Å². The average Bonchev–Trinajstić information content (AvgIpc) is 2.10. The molecule has 16 heavy (non-hydrogen) atoms. The van der Waals surface area contributed by atoms with E-state index < -0.39 is 18.5 Å². The second kappa shape index (κ2) is 3.05. The Hall–Kier alpha value is -1.40. The molecule has 7 heteroatoms. The van der Waals surface area contributed by atoms with E-state index in [1.165, 1.54) is 12.1 Å². The van der Waals surface area contributed by atoms with Crippen LogP contribution in [-0.4, -0.2) is 18.5 Å². The highest BCUT2D eigenvalue weighted by atomic mass is 19.4. The van der Waals surface area contributed by atoms with E-state index in [-0.39, 0.29) is 5.75 Å². The summed E-state index contributed by atoms with van der Waals surface area (Å²) in [5.74, 6) is -5.80. The number of hydrogen-bond acceptors (Lipinski definition) is 1. The minimum Gasteiger partial charge on any atom is -0.453 e. The van der Waals surface area contributed by atoms with Crippen LogP contribution in [0, 0.1) is 10.4 Å². The van der Waals surface area contributed by atoms with Gasteiger partial charge in [0.25, 0.3) is 0 Å². The van der Waals surface area contributed by atoms with Crippen molar-refractivity contribution in [2.45, 2.75) is 18.5 Å². The standard InChI is InChI=1S/C9H4F6O/c10-7(8(11,12)9(13,14)15)16-6-3-4-1-2-5(4)6/h1-3,7H. The van der Waals surface area contributed by atoms with Gasteiger partial charge in [-0.25, -0.2) is 0 Å². The second-order valence-electron chi connectivity index (χ2n) is 3.27. The summed E-state index contributed by atoms with van der Waals surface area (Å²) in [6.07, 6.45) is -9.70. The van der Waals surface area contributed by atoms with Crippen LogP contribution < -0.4 is 4.74 Å². The maximum atomic E-state index is 12.7. The first-order valence-electron chi connectivity index (χ1n) is 4.13. The van der Waals surface area contributed by atoms with Crippen LogP contribution in [-0.2, 0) is 0 Å². The lowest BCUT2D eigenvalue weighted by Crippen LogP contribution is -2.47. The molecule has 0 aromatic carbocycles. The Morgan fingerprint density at radius 2 is 1.69 bits per heavy atom. The Morgan fingerprint density at radius 1 is 1.06 bits per heavy atom. The molecule has 0 aliphatic heterocycles. The molecule has 0 saturated heterocycles. The molecule has 0 amide bonds. The van der Waals surface area contributed by atoms with Gasteiger partial charge in [-0.3, -0.25) is 0 Å². The Balaban J connectivity index is 2.10. The van der Waals surface area contributed by atoms with Crippen LogP contribution in [0.25, 0.3) is 0 Å². The van der Waals surface area contributed by atoms with E-state index in [0.29, 0.717) is 10.4 Å². The summed E-state index contributed by atoms with van der Waals surface area (Å²) in [6, 6.07) is 4.22. The normalized spacial score (nSPS) is 15.9. The van der Waals surface area contributed by atoms with Gasteiger partial charge in [0.05, 0.1) is 0 Å². The molecule has 1 nitrogen and oxygen atoms in total. The van der Waals surface area contributed by atoms with Crippen molar-refractivity contribution in [1.29, 1.82) is 0 Å². The molecule has 1 atom stereocenters. The van der Waals surface area contributed by atoms with Gasteiger partial charge in [0.1, 0.15) is 5.75 Å². The minimum absolute atomic E-state index is 0.283. The van der Waals surface area contributed by atoms with Gasteiger partial charge in [0.2, 0.25) is 0 Å². The van der Waals surface area contributed by atoms with E-state index in [2.05, 4.69) is 4.74 Å². The van der Waals surface area contributed by atoms with Gasteiger partial charge < -0.3 is 4.74 Å². The fourth-order valence-corrected chi connectivity index (χ4v) is 1.17. The van der Waals surface area contributed by atoms with Crippen LogP contribution in [0.3, 0.4) is 0 Å². The first-order chi connectivity index (χ1) is 7.23. The fraction of sp³-hybridized carbons (Fsp3) is 0.333. The highest BCUT2D eigenvalue weighted by Crippen LogP contribution is 2.40. The monoisotopic (exact) mass is 242 g/mol. The summed E-state index contributed by atoms with van der Waals surface area (Å²) in [5.41, 5.74) is 0. The first-order valence-corrected chi connectivity index (χ1v) is 4.13. The first kappa shape index (κ1) is 11.1. The number of ether oxygens (including phenoxy) is 1. The Kier molecular flexibility index (Phi) is 2.12. The molecule has 2 aliphatic rings. The third-order valence-electron chi connectivity index (χ3n) is 2.19. The SMILES string of the molecule is FC(Oc1cc2ccc1=2)C(F)(F)C(F)(F)F. The van der Waals surface area contributed by atoms with Crippen LogP contribution in [0.4, 0.5) is 26.3 Å². The maximum absolute atomic E-state index is 12.7. The third-order valence-corrected chi connectivity index (χ3v) is 2.19. The number of rotatable bonds is 3. The molecule has 0 spiro atoms. The molecular weight excluding hydrogens is 238 g/mol. The molecule has 2 rings (SSSR count). The van der Waals surface area contributed by atoms with E-state index in [4.69, 9.17) is 0 Å². The van der Waals surface area contributed by atoms with E-state index in [9.17, 15) is 26.3 Å². The Labute approximate surface area is 84.9 Å². The molecule has 0 heterocycles. The van der Waals surface area contributed by atoms with Crippen LogP contribution in [0.1, 0.15) is 0 Å². The van der Waals surface area contributed by atoms with E-state index >= 15 is 0 Å². The van der Waals surface area contributed by atoms with Crippen LogP contribution in [0.5, 0.6) is 5.75 Å². The summed E-state index contributed by atoms with van der Waals surface area (Å²) < 4.78 is 76.6. The number of alkyl halides is 6. The summed E-state index contributed by atoms with van der Waals surface area (Å²) >= 11 is 0. The predicted octanol–water partition coefficient (Wildman–Crippen LogP) is 3.16. The molecule has 0 fully saturated rings. The Bertz CT molecular complexity index is 506. The lowest BCUT2D eigenvalue weighted by atomic mass is 10.1. The molecule has 0 aromatic heterocycles. The highest BCUT2D eigenvalue weighted by Gasteiger charge is 2.65. The number of halogens is 6. The predicted molar refractivity (Wildman–Crippen MR) is 40.6 cm³/mol. The summed E-state index contributed by atoms with van der Waals surface area (Å²) in [7, 11) is 0. The van der Waals surface area contributed by atoms with Gasteiger partial charge in [-0.2, -0.15) is 26.3 Å². The topological polar surface area (TPSA) is 9.23 Å². The zero-order valence-corrected chi connectivity index (χ0v) is 7.49. The number of benzene rings is 1. The van der Waals surface area contributed by atoms with Crippen molar-refractivity contribution in [1.82, 2.24) is 0 Å². The van der Waals surface area contributed by atoms with E-state index in [1.54, 1.807) is 6.07 Å².